The van der Waals surface area contributed by atoms with Crippen molar-refractivity contribution >= 4 is 40.9 Å². The molecule has 0 aliphatic rings. The largest absolute Gasteiger partial charge is 0.474 e. The summed E-state index contributed by atoms with van der Waals surface area (Å²) in [5.74, 6) is 3.43. The van der Waals surface area contributed by atoms with Crippen LogP contribution >= 0.6 is 30.1 Å². The first-order chi connectivity index (χ1) is 11.2. The second-order valence-electron chi connectivity index (χ2n) is 4.38. The average molecular weight is 440 g/mol. The van der Waals surface area contributed by atoms with E-state index < -0.39 is 6.04 Å². The van der Waals surface area contributed by atoms with Crippen LogP contribution < -0.4 is 10.5 Å². The summed E-state index contributed by atoms with van der Waals surface area (Å²) >= 11 is 2.09. The van der Waals surface area contributed by atoms with Gasteiger partial charge in [-0.2, -0.15) is 5.26 Å². The zero-order chi connectivity index (χ0) is 16.7. The van der Waals surface area contributed by atoms with E-state index in [-0.39, 0.29) is 0 Å². The second kappa shape index (κ2) is 8.89. The summed E-state index contributed by atoms with van der Waals surface area (Å²) in [7, 11) is 2.95. The molecule has 0 aliphatic heterocycles. The molecule has 2 aromatic heterocycles. The predicted molar refractivity (Wildman–Crippen MR) is 97.9 cm³/mol. The van der Waals surface area contributed by atoms with Gasteiger partial charge in [-0.25, -0.2) is 4.98 Å². The first-order valence-electron chi connectivity index (χ1n) is 6.55. The van der Waals surface area contributed by atoms with E-state index in [4.69, 9.17) is 20.5 Å². The van der Waals surface area contributed by atoms with Crippen molar-refractivity contribution in [3.63, 3.8) is 0 Å². The highest BCUT2D eigenvalue weighted by molar-refractivity contribution is 14.2. The lowest BCUT2D eigenvalue weighted by Crippen LogP contribution is -2.11. The first kappa shape index (κ1) is 17.8. The molecule has 2 N–H and O–H groups in total. The van der Waals surface area contributed by atoms with E-state index in [9.17, 15) is 0 Å². The molecule has 23 heavy (non-hydrogen) atoms. The molecule has 1 unspecified atom stereocenters. The summed E-state index contributed by atoms with van der Waals surface area (Å²) < 4.78 is 10.6. The van der Waals surface area contributed by atoms with Gasteiger partial charge in [-0.1, -0.05) is 0 Å². The number of methoxy groups -OCH3 is 1. The maximum atomic E-state index is 9.15. The normalized spacial score (nSPS) is 11.4. The van der Waals surface area contributed by atoms with Gasteiger partial charge in [0.2, 0.25) is 5.88 Å². The van der Waals surface area contributed by atoms with Crippen LogP contribution in [0.15, 0.2) is 18.6 Å². The lowest BCUT2D eigenvalue weighted by molar-refractivity contribution is 0.143. The number of nitrogens with zero attached hydrogens (tertiary/aromatic N) is 3. The number of ether oxygens (including phenoxy) is 2. The van der Waals surface area contributed by atoms with Gasteiger partial charge in [0.1, 0.15) is 12.6 Å². The van der Waals surface area contributed by atoms with Crippen molar-refractivity contribution in [3.8, 4) is 23.1 Å². The van der Waals surface area contributed by atoms with Gasteiger partial charge >= 0.3 is 0 Å². The maximum Gasteiger partial charge on any atom is 0.230 e. The van der Waals surface area contributed by atoms with Crippen LogP contribution in [0.25, 0.3) is 10.8 Å². The minimum Gasteiger partial charge on any atom is -0.474 e. The number of hydrogen-bond donors (Lipinski definition) is 1. The summed E-state index contributed by atoms with van der Waals surface area (Å²) in [6.45, 7) is 0.792. The van der Waals surface area contributed by atoms with Crippen molar-refractivity contribution in [3.05, 3.63) is 29.7 Å². The third-order valence-electron chi connectivity index (χ3n) is 3.00. The van der Waals surface area contributed by atoms with Gasteiger partial charge in [0.15, 0.2) is 0 Å². The summed E-state index contributed by atoms with van der Waals surface area (Å²) in [6.07, 6.45) is 4.88. The van der Waals surface area contributed by atoms with Crippen LogP contribution in [-0.4, -0.2) is 30.3 Å². The Bertz CT molecular complexity index is 798. The molecule has 0 amide bonds. The topological polar surface area (TPSA) is 94.1 Å². The molecular weight excluding hydrogens is 427 g/mol. The Morgan fingerprint density at radius 2 is 2.22 bits per heavy atom. The van der Waals surface area contributed by atoms with Crippen molar-refractivity contribution in [2.24, 2.45) is 5.73 Å². The van der Waals surface area contributed by atoms with Gasteiger partial charge in [-0.15, -0.1) is 0 Å². The third kappa shape index (κ3) is 4.24. The van der Waals surface area contributed by atoms with E-state index in [0.29, 0.717) is 30.2 Å². The van der Waals surface area contributed by atoms with Crippen LogP contribution in [-0.2, 0) is 4.74 Å². The summed E-state index contributed by atoms with van der Waals surface area (Å²) in [6, 6.07) is 1.23. The molecule has 0 spiro atoms. The number of aromatic nitrogens is 2. The molecule has 8 heteroatoms. The molecule has 0 saturated heterocycles. The highest BCUT2D eigenvalue weighted by atomic mass is 127. The van der Waals surface area contributed by atoms with Crippen molar-refractivity contribution in [1.82, 2.24) is 9.97 Å². The van der Waals surface area contributed by atoms with E-state index in [1.807, 2.05) is 6.07 Å². The summed E-state index contributed by atoms with van der Waals surface area (Å²) in [5, 5.41) is 13.6. The van der Waals surface area contributed by atoms with Crippen LogP contribution in [0.1, 0.15) is 17.2 Å². The van der Waals surface area contributed by atoms with Crippen molar-refractivity contribution in [2.75, 3.05) is 20.3 Å². The lowest BCUT2D eigenvalue weighted by atomic mass is 10.00. The van der Waals surface area contributed by atoms with Gasteiger partial charge in [0, 0.05) is 63.2 Å². The molecule has 0 fully saturated rings. The molecule has 0 radical (unpaired) electrons. The van der Waals surface area contributed by atoms with Crippen LogP contribution in [0.2, 0.25) is 0 Å². The van der Waals surface area contributed by atoms with Gasteiger partial charge in [-0.05, 0) is 20.1 Å². The van der Waals surface area contributed by atoms with Gasteiger partial charge < -0.3 is 15.2 Å². The second-order valence-corrected chi connectivity index (χ2v) is 6.06. The highest BCUT2D eigenvalue weighted by Crippen LogP contribution is 2.30. The van der Waals surface area contributed by atoms with Crippen LogP contribution in [0.3, 0.4) is 0 Å². The Balaban J connectivity index is 2.66. The Morgan fingerprint density at radius 1 is 1.39 bits per heavy atom. The minimum absolute atomic E-state index is 0.353. The van der Waals surface area contributed by atoms with Crippen LogP contribution in [0.5, 0.6) is 5.88 Å². The quantitative estimate of drug-likeness (QED) is 0.434. The molecule has 0 saturated carbocycles. The van der Waals surface area contributed by atoms with Crippen LogP contribution in [0, 0.1) is 22.5 Å². The Labute approximate surface area is 150 Å². The zero-order valence-electron chi connectivity index (χ0n) is 12.2. The fourth-order valence-corrected chi connectivity index (χ4v) is 2.47. The van der Waals surface area contributed by atoms with Crippen molar-refractivity contribution in [1.29, 1.82) is 5.26 Å². The average Bonchev–Trinajstić information content (AvgIpc) is 2.59. The number of nitriles is 1. The molecule has 0 bridgehead atoms. The number of nitrogens with two attached hydrogens (primary N) is 1. The molecular formula is C15H13IN4O2S. The van der Waals surface area contributed by atoms with E-state index >= 15 is 0 Å². The van der Waals surface area contributed by atoms with E-state index in [0.717, 1.165) is 10.8 Å². The fourth-order valence-electron chi connectivity index (χ4n) is 2.00. The lowest BCUT2D eigenvalue weighted by Gasteiger charge is -2.13. The fraction of sp³-hybridized carbons (Fsp3) is 0.267. The first-order valence-corrected chi connectivity index (χ1v) is 9.91. The van der Waals surface area contributed by atoms with Gasteiger partial charge in [-0.3, -0.25) is 4.98 Å². The highest BCUT2D eigenvalue weighted by Gasteiger charge is 2.17. The monoisotopic (exact) mass is 440 g/mol. The van der Waals surface area contributed by atoms with Crippen LogP contribution in [0.4, 0.5) is 0 Å². The molecule has 0 aliphatic carbocycles. The molecule has 1 atom stereocenters. The molecule has 2 rings (SSSR count). The van der Waals surface area contributed by atoms with Gasteiger partial charge in [0.05, 0.1) is 18.2 Å². The van der Waals surface area contributed by atoms with E-state index in [1.165, 1.54) is 8.93 Å². The van der Waals surface area contributed by atoms with Gasteiger partial charge in [0.25, 0.3) is 0 Å². The third-order valence-corrected chi connectivity index (χ3v) is 3.84. The summed E-state index contributed by atoms with van der Waals surface area (Å²) in [4.78, 5) is 8.42. The predicted octanol–water partition coefficient (Wildman–Crippen LogP) is 2.57. The molecule has 118 valence electrons. The van der Waals surface area contributed by atoms with E-state index in [2.05, 4.69) is 42.3 Å². The Hall–Kier alpha value is -1.59. The molecule has 2 aromatic rings. The zero-order valence-corrected chi connectivity index (χ0v) is 15.2. The van der Waals surface area contributed by atoms with Crippen molar-refractivity contribution < 1.29 is 9.47 Å². The number of halogens is 1. The van der Waals surface area contributed by atoms with Crippen molar-refractivity contribution in [2.45, 2.75) is 6.04 Å². The standard InChI is InChI=1S/C15H13IN4O2S/c1-21-3-4-22-15-11(2-5-23-16)14-10(8-20-15)7-19-9-12(14)13(18)6-17/h7-9,13H,3-4,18H2,1H3. The minimum atomic E-state index is -0.798. The maximum absolute atomic E-state index is 9.15. The number of hydrogen-bond acceptors (Lipinski definition) is 7. The summed E-state index contributed by atoms with van der Waals surface area (Å²) in [5.41, 5.74) is 7.10. The number of pyridine rings is 2. The SMILES string of the molecule is COCCOc1ncc2cncc(C(N)C#N)c2c1C#CSI. The molecule has 0 aromatic carbocycles. The van der Waals surface area contributed by atoms with E-state index in [1.54, 1.807) is 25.7 Å². The Morgan fingerprint density at radius 3 is 2.91 bits per heavy atom. The smallest absolute Gasteiger partial charge is 0.230 e. The molecule has 6 nitrogen and oxygen atoms in total. The Kier molecular flexibility index (Phi) is 6.86. The number of rotatable bonds is 5. The number of fused-ring (bicyclic) bond motifs is 1. The molecule has 2 heterocycles.